The molecule has 0 fully saturated rings. The second kappa shape index (κ2) is 8.58. The Labute approximate surface area is 151 Å². The molecule has 0 unspecified atom stereocenters. The van der Waals surface area contributed by atoms with Crippen LogP contribution in [0.4, 0.5) is 5.69 Å². The zero-order valence-corrected chi connectivity index (χ0v) is 14.6. The van der Waals surface area contributed by atoms with Crippen molar-refractivity contribution in [2.75, 3.05) is 30.3 Å². The maximum atomic E-state index is 12.3. The summed E-state index contributed by atoms with van der Waals surface area (Å²) in [4.78, 5) is 27.2. The summed E-state index contributed by atoms with van der Waals surface area (Å²) in [7, 11) is 0. The Morgan fingerprint density at radius 2 is 1.88 bits per heavy atom. The highest BCUT2D eigenvalue weighted by Gasteiger charge is 2.24. The first-order valence-corrected chi connectivity index (χ1v) is 9.19. The van der Waals surface area contributed by atoms with Crippen LogP contribution >= 0.6 is 11.8 Å². The number of carbonyl (C=O) groups is 2. The summed E-state index contributed by atoms with van der Waals surface area (Å²) < 4.78 is 5.58. The molecule has 1 heterocycles. The van der Waals surface area contributed by atoms with E-state index < -0.39 is 0 Å². The molecule has 6 heteroatoms. The molecule has 0 saturated carbocycles. The molecule has 0 radical (unpaired) electrons. The summed E-state index contributed by atoms with van der Waals surface area (Å²) >= 11 is 1.69. The van der Waals surface area contributed by atoms with Crippen molar-refractivity contribution in [1.82, 2.24) is 5.32 Å². The largest absolute Gasteiger partial charge is 0.491 e. The Balaban J connectivity index is 1.52. The molecule has 0 atom stereocenters. The van der Waals surface area contributed by atoms with Crippen molar-refractivity contribution in [2.45, 2.75) is 11.3 Å². The normalized spacial score (nSPS) is 13.6. The second-order valence-electron chi connectivity index (χ2n) is 5.56. The van der Waals surface area contributed by atoms with Crippen LogP contribution in [-0.2, 0) is 9.59 Å². The number of hydrogen-bond acceptors (Lipinski definition) is 4. The highest BCUT2D eigenvalue weighted by molar-refractivity contribution is 7.99. The summed E-state index contributed by atoms with van der Waals surface area (Å²) in [6.45, 7) is 0.898. The Morgan fingerprint density at radius 3 is 2.72 bits per heavy atom. The van der Waals surface area contributed by atoms with Crippen LogP contribution in [0.3, 0.4) is 0 Å². The van der Waals surface area contributed by atoms with Gasteiger partial charge in [0.2, 0.25) is 11.8 Å². The first-order valence-electron chi connectivity index (χ1n) is 8.21. The highest BCUT2D eigenvalue weighted by atomic mass is 32.2. The Bertz CT molecular complexity index is 736. The van der Waals surface area contributed by atoms with Gasteiger partial charge in [-0.2, -0.15) is 0 Å². The van der Waals surface area contributed by atoms with E-state index >= 15 is 0 Å². The number of nitrogens with one attached hydrogen (secondary N) is 1. The fourth-order valence-corrected chi connectivity index (χ4v) is 3.36. The number of rotatable bonds is 6. The molecule has 5 nitrogen and oxygen atoms in total. The van der Waals surface area contributed by atoms with Crippen molar-refractivity contribution in [3.8, 4) is 5.75 Å². The molecule has 0 bridgehead atoms. The predicted octanol–water partition coefficient (Wildman–Crippen LogP) is 2.71. The van der Waals surface area contributed by atoms with Crippen LogP contribution in [0.5, 0.6) is 5.75 Å². The number of nitrogens with zero attached hydrogens (tertiary/aromatic N) is 1. The number of amides is 2. The first-order chi connectivity index (χ1) is 12.2. The zero-order chi connectivity index (χ0) is 17.5. The fraction of sp³-hybridized carbons (Fsp3) is 0.263. The monoisotopic (exact) mass is 356 g/mol. The van der Waals surface area contributed by atoms with E-state index in [2.05, 4.69) is 5.32 Å². The lowest BCUT2D eigenvalue weighted by Crippen LogP contribution is -2.41. The van der Waals surface area contributed by atoms with Gasteiger partial charge in [-0.15, -0.1) is 11.8 Å². The van der Waals surface area contributed by atoms with E-state index in [0.29, 0.717) is 24.6 Å². The Kier molecular flexibility index (Phi) is 5.95. The molecule has 1 aliphatic rings. The molecule has 3 rings (SSSR count). The minimum absolute atomic E-state index is 0.00914. The number of anilines is 1. The second-order valence-corrected chi connectivity index (χ2v) is 6.73. The number of carbonyl (C=O) groups excluding carboxylic acids is 2. The minimum Gasteiger partial charge on any atom is -0.491 e. The molecule has 2 aromatic rings. The smallest absolute Gasteiger partial charge is 0.240 e. The van der Waals surface area contributed by atoms with Crippen molar-refractivity contribution < 1.29 is 14.3 Å². The molecule has 1 aliphatic heterocycles. The number of para-hydroxylation sites is 2. The number of hydrogen-bond donors (Lipinski definition) is 1. The molecule has 1 N–H and O–H groups in total. The lowest BCUT2D eigenvalue weighted by Gasteiger charge is -2.21. The van der Waals surface area contributed by atoms with Gasteiger partial charge in [-0.1, -0.05) is 30.3 Å². The first kappa shape index (κ1) is 17.4. The molecule has 0 aromatic heterocycles. The van der Waals surface area contributed by atoms with E-state index in [9.17, 15) is 9.59 Å². The van der Waals surface area contributed by atoms with Gasteiger partial charge in [0.05, 0.1) is 18.7 Å². The summed E-state index contributed by atoms with van der Waals surface area (Å²) in [5, 5.41) is 2.88. The third-order valence-electron chi connectivity index (χ3n) is 3.77. The van der Waals surface area contributed by atoms with Crippen LogP contribution in [0, 0.1) is 0 Å². The average molecular weight is 356 g/mol. The van der Waals surface area contributed by atoms with Crippen molar-refractivity contribution >= 4 is 29.3 Å². The van der Waals surface area contributed by atoms with Crippen molar-refractivity contribution in [2.24, 2.45) is 0 Å². The molecule has 0 aliphatic carbocycles. The van der Waals surface area contributed by atoms with Gasteiger partial charge in [0, 0.05) is 17.2 Å². The number of thioether (sulfide) groups is 1. The summed E-state index contributed by atoms with van der Waals surface area (Å²) in [5.74, 6) is 1.15. The van der Waals surface area contributed by atoms with E-state index in [1.165, 1.54) is 9.80 Å². The summed E-state index contributed by atoms with van der Waals surface area (Å²) in [5.41, 5.74) is 0.652. The molecule has 0 spiro atoms. The van der Waals surface area contributed by atoms with Gasteiger partial charge in [0.25, 0.3) is 0 Å². The van der Waals surface area contributed by atoms with Crippen LogP contribution in [0.1, 0.15) is 6.42 Å². The zero-order valence-electron chi connectivity index (χ0n) is 13.8. The Morgan fingerprint density at radius 1 is 1.12 bits per heavy atom. The van der Waals surface area contributed by atoms with Crippen LogP contribution in [0.25, 0.3) is 0 Å². The van der Waals surface area contributed by atoms with E-state index in [1.807, 2.05) is 48.5 Å². The van der Waals surface area contributed by atoms with Gasteiger partial charge >= 0.3 is 0 Å². The van der Waals surface area contributed by atoms with Crippen molar-refractivity contribution in [3.63, 3.8) is 0 Å². The van der Waals surface area contributed by atoms with Crippen LogP contribution in [-0.4, -0.2) is 37.3 Å². The third kappa shape index (κ3) is 4.76. The maximum Gasteiger partial charge on any atom is 0.240 e. The topological polar surface area (TPSA) is 58.6 Å². The van der Waals surface area contributed by atoms with E-state index in [0.717, 1.165) is 5.75 Å². The lowest BCUT2D eigenvalue weighted by atomic mass is 10.2. The SMILES string of the molecule is O=C(CN1C(=O)CCOc2ccccc21)NCCSc1ccccc1. The molecular weight excluding hydrogens is 336 g/mol. The summed E-state index contributed by atoms with van der Waals surface area (Å²) in [6, 6.07) is 17.4. The van der Waals surface area contributed by atoms with Crippen LogP contribution in [0.15, 0.2) is 59.5 Å². The molecule has 25 heavy (non-hydrogen) atoms. The number of ether oxygens (including phenoxy) is 1. The molecule has 130 valence electrons. The van der Waals surface area contributed by atoms with E-state index in [4.69, 9.17) is 4.74 Å². The highest BCUT2D eigenvalue weighted by Crippen LogP contribution is 2.30. The van der Waals surface area contributed by atoms with Crippen molar-refractivity contribution in [3.05, 3.63) is 54.6 Å². The van der Waals surface area contributed by atoms with E-state index in [1.54, 1.807) is 17.8 Å². The van der Waals surface area contributed by atoms with Gasteiger partial charge < -0.3 is 10.1 Å². The minimum atomic E-state index is -0.168. The van der Waals surface area contributed by atoms with Crippen LogP contribution < -0.4 is 15.0 Å². The fourth-order valence-electron chi connectivity index (χ4n) is 2.57. The number of fused-ring (bicyclic) bond motifs is 1. The van der Waals surface area contributed by atoms with Gasteiger partial charge in [-0.25, -0.2) is 0 Å². The number of benzene rings is 2. The van der Waals surface area contributed by atoms with E-state index in [-0.39, 0.29) is 24.8 Å². The lowest BCUT2D eigenvalue weighted by molar-refractivity contribution is -0.123. The summed E-state index contributed by atoms with van der Waals surface area (Å²) in [6.07, 6.45) is 0.270. The van der Waals surface area contributed by atoms with Gasteiger partial charge in [-0.05, 0) is 24.3 Å². The maximum absolute atomic E-state index is 12.3. The van der Waals surface area contributed by atoms with Gasteiger partial charge in [0.1, 0.15) is 12.3 Å². The molecule has 2 amide bonds. The molecular formula is C19H20N2O3S. The predicted molar refractivity (Wildman–Crippen MR) is 99.1 cm³/mol. The van der Waals surface area contributed by atoms with Gasteiger partial charge in [0.15, 0.2) is 0 Å². The Hall–Kier alpha value is -2.47. The average Bonchev–Trinajstić information content (AvgIpc) is 2.79. The van der Waals surface area contributed by atoms with Crippen LogP contribution in [0.2, 0.25) is 0 Å². The molecule has 2 aromatic carbocycles. The van der Waals surface area contributed by atoms with Gasteiger partial charge in [-0.3, -0.25) is 14.5 Å². The third-order valence-corrected chi connectivity index (χ3v) is 4.78. The quantitative estimate of drug-likeness (QED) is 0.639. The van der Waals surface area contributed by atoms with Crippen molar-refractivity contribution in [1.29, 1.82) is 0 Å². The standard InChI is InChI=1S/C19H20N2O3S/c22-18(20-11-13-25-15-6-2-1-3-7-15)14-21-16-8-4-5-9-17(16)24-12-10-19(21)23/h1-9H,10-14H2,(H,20,22). The molecule has 0 saturated heterocycles.